The van der Waals surface area contributed by atoms with Crippen LogP contribution >= 0.6 is 0 Å². The van der Waals surface area contributed by atoms with Gasteiger partial charge in [-0.1, -0.05) is 0 Å². The van der Waals surface area contributed by atoms with Gasteiger partial charge in [0.25, 0.3) is 0 Å². The Morgan fingerprint density at radius 1 is 1.17 bits per heavy atom. The van der Waals surface area contributed by atoms with Crippen LogP contribution in [0.15, 0.2) is 48.9 Å². The summed E-state index contributed by atoms with van der Waals surface area (Å²) in [5.74, 6) is 2.02. The summed E-state index contributed by atoms with van der Waals surface area (Å²) in [6, 6.07) is 10.8. The fourth-order valence-corrected chi connectivity index (χ4v) is 2.80. The number of ether oxygens (including phenoxy) is 3. The number of rotatable bonds is 11. The quantitative estimate of drug-likeness (QED) is 0.254. The summed E-state index contributed by atoms with van der Waals surface area (Å²) in [6.07, 6.45) is 4.48. The van der Waals surface area contributed by atoms with Gasteiger partial charge in [-0.2, -0.15) is 0 Å². The number of aliphatic hydroxyl groups is 1. The van der Waals surface area contributed by atoms with Crippen molar-refractivity contribution in [2.45, 2.75) is 6.92 Å². The molecular weight excluding hydrogens is 386 g/mol. The molecule has 3 rings (SSSR count). The lowest BCUT2D eigenvalue weighted by molar-refractivity contribution is 0.0705. The molecule has 1 aromatic carbocycles. The van der Waals surface area contributed by atoms with Gasteiger partial charge in [-0.15, -0.1) is 0 Å². The Balaban J connectivity index is 1.74. The van der Waals surface area contributed by atoms with E-state index in [1.54, 1.807) is 47.3 Å². The highest BCUT2D eigenvalue weighted by Crippen LogP contribution is 2.26. The zero-order valence-corrected chi connectivity index (χ0v) is 16.7. The third kappa shape index (κ3) is 5.13. The maximum Gasteiger partial charge on any atom is 0.206 e. The second-order valence-electron chi connectivity index (χ2n) is 6.29. The van der Waals surface area contributed by atoms with Crippen LogP contribution in [0.2, 0.25) is 0 Å². The molecule has 2 aromatic heterocycles. The molecule has 0 spiro atoms. The van der Waals surface area contributed by atoms with Crippen LogP contribution in [0.4, 0.5) is 0 Å². The summed E-state index contributed by atoms with van der Waals surface area (Å²) in [7, 11) is 0. The van der Waals surface area contributed by atoms with Gasteiger partial charge in [-0.25, -0.2) is 4.98 Å². The van der Waals surface area contributed by atoms with Crippen molar-refractivity contribution < 1.29 is 19.3 Å². The molecule has 158 valence electrons. The number of nitrogens with one attached hydrogen (secondary N) is 2. The van der Waals surface area contributed by atoms with Crippen molar-refractivity contribution in [1.82, 2.24) is 14.3 Å². The highest BCUT2D eigenvalue weighted by atomic mass is 16.5. The number of nitrogens with zero attached hydrogens (tertiary/aromatic N) is 3. The molecule has 3 aromatic rings. The van der Waals surface area contributed by atoms with E-state index in [2.05, 4.69) is 4.98 Å². The zero-order chi connectivity index (χ0) is 21.3. The van der Waals surface area contributed by atoms with Gasteiger partial charge in [0.2, 0.25) is 5.88 Å². The molecule has 9 nitrogen and oxygen atoms in total. The average Bonchev–Trinajstić information content (AvgIpc) is 3.24. The lowest BCUT2D eigenvalue weighted by Gasteiger charge is -2.18. The van der Waals surface area contributed by atoms with E-state index >= 15 is 0 Å². The van der Waals surface area contributed by atoms with Crippen LogP contribution in [-0.4, -0.2) is 64.5 Å². The van der Waals surface area contributed by atoms with Gasteiger partial charge in [0.1, 0.15) is 30.3 Å². The van der Waals surface area contributed by atoms with E-state index < -0.39 is 0 Å². The van der Waals surface area contributed by atoms with Crippen molar-refractivity contribution >= 4 is 17.7 Å². The van der Waals surface area contributed by atoms with E-state index in [0.29, 0.717) is 49.3 Å². The lowest BCUT2D eigenvalue weighted by atomic mass is 10.2. The summed E-state index contributed by atoms with van der Waals surface area (Å²) in [5.41, 5.74) is 1.42. The SMILES string of the molecule is CCN(C=N)C(=N)c1cc(Oc2ccc(OCCOCCO)cc2)n2cncc2c1. The summed E-state index contributed by atoms with van der Waals surface area (Å²) >= 11 is 0. The Morgan fingerprint density at radius 2 is 1.93 bits per heavy atom. The predicted octanol–water partition coefficient (Wildman–Crippen LogP) is 2.77. The van der Waals surface area contributed by atoms with Crippen molar-refractivity contribution in [3.8, 4) is 17.4 Å². The molecule has 0 radical (unpaired) electrons. The topological polar surface area (TPSA) is 116 Å². The molecular formula is C21H25N5O4. The van der Waals surface area contributed by atoms with Crippen molar-refractivity contribution in [2.75, 3.05) is 33.0 Å². The largest absolute Gasteiger partial charge is 0.491 e. The molecule has 3 N–H and O–H groups in total. The molecule has 0 bridgehead atoms. The molecule has 2 heterocycles. The first-order valence-corrected chi connectivity index (χ1v) is 9.57. The second-order valence-corrected chi connectivity index (χ2v) is 6.29. The first kappa shape index (κ1) is 21.3. The monoisotopic (exact) mass is 411 g/mol. The number of imidazole rings is 1. The lowest BCUT2D eigenvalue weighted by Crippen LogP contribution is -2.29. The summed E-state index contributed by atoms with van der Waals surface area (Å²) in [4.78, 5) is 5.69. The minimum absolute atomic E-state index is 0.00522. The van der Waals surface area contributed by atoms with Crippen molar-refractivity contribution in [1.29, 1.82) is 10.8 Å². The standard InChI is InChI=1S/C21H25N5O4/c1-2-25(14-22)21(23)16-11-17-13-24-15-26(17)20(12-16)30-19-5-3-18(4-6-19)29-10-9-28-8-7-27/h3-6,11-15,22-23,27H,2,7-10H2,1H3. The van der Waals surface area contributed by atoms with E-state index in [4.69, 9.17) is 30.1 Å². The Morgan fingerprint density at radius 3 is 2.63 bits per heavy atom. The maximum absolute atomic E-state index is 8.68. The van der Waals surface area contributed by atoms with Crippen LogP contribution in [-0.2, 0) is 4.74 Å². The van der Waals surface area contributed by atoms with E-state index in [1.165, 1.54) is 4.90 Å². The predicted molar refractivity (Wildman–Crippen MR) is 113 cm³/mol. The minimum Gasteiger partial charge on any atom is -0.491 e. The summed E-state index contributed by atoms with van der Waals surface area (Å²) < 4.78 is 18.6. The van der Waals surface area contributed by atoms with E-state index in [-0.39, 0.29) is 12.4 Å². The number of benzene rings is 1. The first-order chi connectivity index (χ1) is 14.7. The molecule has 0 fully saturated rings. The number of hydrogen-bond donors (Lipinski definition) is 3. The van der Waals surface area contributed by atoms with Gasteiger partial charge in [0.15, 0.2) is 0 Å². The molecule has 0 atom stereocenters. The average molecular weight is 411 g/mol. The van der Waals surface area contributed by atoms with Crippen LogP contribution < -0.4 is 9.47 Å². The highest BCUT2D eigenvalue weighted by Gasteiger charge is 2.13. The van der Waals surface area contributed by atoms with Gasteiger partial charge >= 0.3 is 0 Å². The maximum atomic E-state index is 8.68. The Kier molecular flexibility index (Phi) is 7.36. The molecule has 0 saturated carbocycles. The summed E-state index contributed by atoms with van der Waals surface area (Å²) in [6.45, 7) is 3.49. The molecule has 0 saturated heterocycles. The Bertz CT molecular complexity index is 987. The number of amidine groups is 1. The highest BCUT2D eigenvalue weighted by molar-refractivity contribution is 6.03. The third-order valence-electron chi connectivity index (χ3n) is 4.32. The van der Waals surface area contributed by atoms with Gasteiger partial charge < -0.3 is 24.2 Å². The van der Waals surface area contributed by atoms with Gasteiger partial charge in [-0.05, 0) is 37.3 Å². The van der Waals surface area contributed by atoms with Crippen LogP contribution in [0.5, 0.6) is 17.4 Å². The van der Waals surface area contributed by atoms with E-state index in [0.717, 1.165) is 11.9 Å². The normalized spacial score (nSPS) is 10.7. The third-order valence-corrected chi connectivity index (χ3v) is 4.32. The second kappa shape index (κ2) is 10.4. The van der Waals surface area contributed by atoms with Crippen molar-refractivity contribution in [2.24, 2.45) is 0 Å². The van der Waals surface area contributed by atoms with Gasteiger partial charge in [-0.3, -0.25) is 15.2 Å². The number of aliphatic hydroxyl groups excluding tert-OH is 1. The van der Waals surface area contributed by atoms with Gasteiger partial charge in [0, 0.05) is 18.2 Å². The number of fused-ring (bicyclic) bond motifs is 1. The molecule has 0 unspecified atom stereocenters. The molecule has 30 heavy (non-hydrogen) atoms. The molecule has 9 heteroatoms. The zero-order valence-electron chi connectivity index (χ0n) is 16.7. The van der Waals surface area contributed by atoms with Gasteiger partial charge in [0.05, 0.1) is 37.9 Å². The van der Waals surface area contributed by atoms with Crippen molar-refractivity contribution in [3.63, 3.8) is 0 Å². The molecule has 0 amide bonds. The van der Waals surface area contributed by atoms with Crippen LogP contribution in [0, 0.1) is 10.8 Å². The van der Waals surface area contributed by atoms with E-state index in [1.807, 2.05) is 13.0 Å². The number of pyridine rings is 1. The molecule has 0 aliphatic heterocycles. The van der Waals surface area contributed by atoms with Crippen LogP contribution in [0.3, 0.4) is 0 Å². The Hall–Kier alpha value is -3.43. The Labute approximate surface area is 174 Å². The van der Waals surface area contributed by atoms with Crippen LogP contribution in [0.25, 0.3) is 5.52 Å². The van der Waals surface area contributed by atoms with E-state index in [9.17, 15) is 0 Å². The molecule has 0 aliphatic carbocycles. The smallest absolute Gasteiger partial charge is 0.206 e. The molecule has 0 aliphatic rings. The number of aromatic nitrogens is 2. The fourth-order valence-electron chi connectivity index (χ4n) is 2.80. The number of hydrogen-bond acceptors (Lipinski definition) is 7. The van der Waals surface area contributed by atoms with Crippen molar-refractivity contribution in [3.05, 3.63) is 54.5 Å². The van der Waals surface area contributed by atoms with Crippen LogP contribution in [0.1, 0.15) is 12.5 Å². The minimum atomic E-state index is -0.00522. The first-order valence-electron chi connectivity index (χ1n) is 9.57. The fraction of sp³-hybridized carbons (Fsp3) is 0.286. The summed E-state index contributed by atoms with van der Waals surface area (Å²) in [5, 5.41) is 24.5.